The fourth-order valence-corrected chi connectivity index (χ4v) is 7.12. The van der Waals surface area contributed by atoms with Crippen LogP contribution in [0.1, 0.15) is 38.5 Å². The molecule has 0 saturated carbocycles. The molecule has 1 N–H and O–H groups in total. The number of nitrogens with one attached hydrogen (secondary N) is 1. The molecule has 2 bridgehead atoms. The summed E-state index contributed by atoms with van der Waals surface area (Å²) >= 11 is 0. The van der Waals surface area contributed by atoms with Crippen molar-refractivity contribution in [2.45, 2.75) is 11.3 Å². The Hall–Kier alpha value is -5.24. The number of amides is 3. The second kappa shape index (κ2) is 9.69. The van der Waals surface area contributed by atoms with E-state index in [1.807, 2.05) is 48.5 Å². The third kappa shape index (κ3) is 3.48. The van der Waals surface area contributed by atoms with E-state index in [1.54, 1.807) is 54.7 Å². The van der Waals surface area contributed by atoms with Crippen LogP contribution in [0.5, 0.6) is 11.5 Å². The third-order valence-electron chi connectivity index (χ3n) is 8.78. The van der Waals surface area contributed by atoms with Gasteiger partial charge in [-0.2, -0.15) is 5.10 Å². The lowest BCUT2D eigenvalue weighted by atomic mass is 9.47. The van der Waals surface area contributed by atoms with Crippen LogP contribution in [0.4, 0.5) is 5.69 Å². The molecular weight excluding hydrogens is 530 g/mol. The Morgan fingerprint density at radius 1 is 0.833 bits per heavy atom. The number of benzene rings is 4. The monoisotopic (exact) mass is 557 g/mol. The first-order valence-corrected chi connectivity index (χ1v) is 13.7. The van der Waals surface area contributed by atoms with Crippen LogP contribution in [0, 0.1) is 11.8 Å². The van der Waals surface area contributed by atoms with Gasteiger partial charge in [0.05, 0.1) is 37.2 Å². The van der Waals surface area contributed by atoms with E-state index in [-0.39, 0.29) is 17.7 Å². The first kappa shape index (κ1) is 25.7. The molecule has 1 saturated heterocycles. The Bertz CT molecular complexity index is 1750. The van der Waals surface area contributed by atoms with Crippen LogP contribution in [-0.4, -0.2) is 38.2 Å². The molecule has 208 valence electrons. The van der Waals surface area contributed by atoms with Crippen molar-refractivity contribution < 1.29 is 23.9 Å². The number of rotatable bonds is 6. The van der Waals surface area contributed by atoms with Gasteiger partial charge in [0.2, 0.25) is 11.8 Å². The first-order chi connectivity index (χ1) is 20.5. The van der Waals surface area contributed by atoms with Crippen molar-refractivity contribution in [3.05, 3.63) is 125 Å². The van der Waals surface area contributed by atoms with Crippen LogP contribution in [-0.2, 0) is 15.0 Å². The van der Waals surface area contributed by atoms with Gasteiger partial charge in [0.15, 0.2) is 0 Å². The van der Waals surface area contributed by atoms with Crippen LogP contribution < -0.4 is 19.8 Å². The highest BCUT2D eigenvalue weighted by atomic mass is 16.5. The van der Waals surface area contributed by atoms with Crippen LogP contribution in [0.15, 0.2) is 102 Å². The first-order valence-electron chi connectivity index (χ1n) is 13.7. The Morgan fingerprint density at radius 2 is 1.50 bits per heavy atom. The molecule has 4 aromatic carbocycles. The van der Waals surface area contributed by atoms with Gasteiger partial charge in [-0.05, 0) is 52.6 Å². The molecule has 8 heteroatoms. The summed E-state index contributed by atoms with van der Waals surface area (Å²) in [5.74, 6) is -1.78. The zero-order valence-corrected chi connectivity index (χ0v) is 23.0. The van der Waals surface area contributed by atoms with E-state index in [4.69, 9.17) is 9.47 Å². The predicted molar refractivity (Wildman–Crippen MR) is 157 cm³/mol. The molecule has 3 amide bonds. The van der Waals surface area contributed by atoms with Gasteiger partial charge in [-0.3, -0.25) is 14.4 Å². The van der Waals surface area contributed by atoms with E-state index in [9.17, 15) is 14.4 Å². The summed E-state index contributed by atoms with van der Waals surface area (Å²) in [6, 6.07) is 29.6. The van der Waals surface area contributed by atoms with Gasteiger partial charge in [0.25, 0.3) is 5.91 Å². The molecule has 3 aliphatic carbocycles. The largest absolute Gasteiger partial charge is 0.497 e. The highest BCUT2D eigenvalue weighted by Crippen LogP contribution is 2.63. The summed E-state index contributed by atoms with van der Waals surface area (Å²) in [4.78, 5) is 43.2. The zero-order chi connectivity index (χ0) is 29.0. The van der Waals surface area contributed by atoms with Gasteiger partial charge in [-0.25, -0.2) is 10.3 Å². The number of nitrogens with zero attached hydrogens (tertiary/aromatic N) is 2. The number of methoxy groups -OCH3 is 2. The fourth-order valence-electron chi connectivity index (χ4n) is 7.12. The molecule has 42 heavy (non-hydrogen) atoms. The maximum Gasteiger partial charge on any atom is 0.271 e. The lowest BCUT2D eigenvalue weighted by Gasteiger charge is -2.52. The molecule has 8 nitrogen and oxygen atoms in total. The number of imide groups is 1. The molecule has 0 unspecified atom stereocenters. The molecular formula is C34H27N3O5. The van der Waals surface area contributed by atoms with Crippen molar-refractivity contribution in [3.63, 3.8) is 0 Å². The van der Waals surface area contributed by atoms with Gasteiger partial charge >= 0.3 is 0 Å². The summed E-state index contributed by atoms with van der Waals surface area (Å²) in [6.45, 7) is 0. The minimum Gasteiger partial charge on any atom is -0.497 e. The van der Waals surface area contributed by atoms with Crippen LogP contribution in [0.25, 0.3) is 0 Å². The number of hydrogen-bond acceptors (Lipinski definition) is 6. The molecule has 4 aliphatic rings. The van der Waals surface area contributed by atoms with E-state index in [0.717, 1.165) is 22.3 Å². The van der Waals surface area contributed by atoms with Crippen molar-refractivity contribution in [2.24, 2.45) is 16.9 Å². The minimum absolute atomic E-state index is 0.276. The number of carbonyl (C=O) groups is 3. The van der Waals surface area contributed by atoms with Gasteiger partial charge in [0.1, 0.15) is 11.5 Å². The Morgan fingerprint density at radius 3 is 2.19 bits per heavy atom. The molecule has 2 atom stereocenters. The Balaban J connectivity index is 1.39. The standard InChI is InChI=1S/C34H27N3O5/c1-41-21-11-9-10-20(18-21)31(38)36-35-19-34-24-14-5-3-12-22(24)28(23-13-4-6-15-25(23)34)29-30(34)33(40)37(32(29)39)26-16-7-8-17-27(26)42-2/h3-19,28-30H,1-2H3,(H,36,38)/b35-19-/t28?,29-,30+,34?/m0/s1. The van der Waals surface area contributed by atoms with E-state index < -0.39 is 23.2 Å². The highest BCUT2D eigenvalue weighted by Gasteiger charge is 2.68. The van der Waals surface area contributed by atoms with E-state index in [0.29, 0.717) is 22.7 Å². The van der Waals surface area contributed by atoms with Gasteiger partial charge < -0.3 is 9.47 Å². The van der Waals surface area contributed by atoms with E-state index >= 15 is 0 Å². The average Bonchev–Trinajstić information content (AvgIpc) is 3.31. The van der Waals surface area contributed by atoms with Crippen molar-refractivity contribution >= 4 is 29.6 Å². The van der Waals surface area contributed by atoms with Crippen LogP contribution >= 0.6 is 0 Å². The Kier molecular flexibility index (Phi) is 5.93. The number of hydrazone groups is 1. The number of ether oxygens (including phenoxy) is 2. The summed E-state index contributed by atoms with van der Waals surface area (Å²) in [5, 5.41) is 4.47. The fraction of sp³-hybridized carbons (Fsp3) is 0.176. The molecule has 1 heterocycles. The second-order valence-corrected chi connectivity index (χ2v) is 10.6. The third-order valence-corrected chi connectivity index (χ3v) is 8.78. The van der Waals surface area contributed by atoms with Crippen LogP contribution in [0.3, 0.4) is 0 Å². The smallest absolute Gasteiger partial charge is 0.271 e. The topological polar surface area (TPSA) is 97.3 Å². The van der Waals surface area contributed by atoms with Gasteiger partial charge in [-0.15, -0.1) is 0 Å². The van der Waals surface area contributed by atoms with Crippen LogP contribution in [0.2, 0.25) is 0 Å². The zero-order valence-electron chi connectivity index (χ0n) is 23.0. The number of carbonyl (C=O) groups excluding carboxylic acids is 3. The molecule has 1 aliphatic heterocycles. The maximum absolute atomic E-state index is 14.5. The van der Waals surface area contributed by atoms with Gasteiger partial charge in [0, 0.05) is 17.7 Å². The van der Waals surface area contributed by atoms with Crippen molar-refractivity contribution in [1.29, 1.82) is 0 Å². The second-order valence-electron chi connectivity index (χ2n) is 10.6. The normalized spacial score (nSPS) is 23.4. The maximum atomic E-state index is 14.5. The average molecular weight is 558 g/mol. The summed E-state index contributed by atoms with van der Waals surface area (Å²) in [5.41, 5.74) is 6.10. The minimum atomic E-state index is -1.10. The highest BCUT2D eigenvalue weighted by molar-refractivity contribution is 6.25. The molecule has 0 aromatic heterocycles. The SMILES string of the molecule is COc1cccc(C(=O)N/N=C\C23c4ccccc4C(c4ccccc42)[C@@H]2C(=O)N(c4ccccc4OC)C(=O)[C@@H]23)c1. The predicted octanol–water partition coefficient (Wildman–Crippen LogP) is 4.67. The molecule has 0 radical (unpaired) electrons. The quantitative estimate of drug-likeness (QED) is 0.211. The van der Waals surface area contributed by atoms with Crippen molar-refractivity contribution in [1.82, 2.24) is 5.43 Å². The van der Waals surface area contributed by atoms with E-state index in [1.165, 1.54) is 19.1 Å². The number of para-hydroxylation sites is 2. The molecule has 4 aromatic rings. The molecule has 1 fully saturated rings. The van der Waals surface area contributed by atoms with Crippen molar-refractivity contribution in [3.8, 4) is 11.5 Å². The summed E-state index contributed by atoms with van der Waals surface area (Å²) in [7, 11) is 3.05. The van der Waals surface area contributed by atoms with Gasteiger partial charge in [-0.1, -0.05) is 66.7 Å². The number of hydrogen-bond donors (Lipinski definition) is 1. The summed E-state index contributed by atoms with van der Waals surface area (Å²) < 4.78 is 10.8. The number of anilines is 1. The molecule has 8 rings (SSSR count). The summed E-state index contributed by atoms with van der Waals surface area (Å²) in [6.07, 6.45) is 1.65. The van der Waals surface area contributed by atoms with Crippen molar-refractivity contribution in [2.75, 3.05) is 19.1 Å². The lowest BCUT2D eigenvalue weighted by Crippen LogP contribution is -2.54. The van der Waals surface area contributed by atoms with E-state index in [2.05, 4.69) is 10.5 Å². The lowest BCUT2D eigenvalue weighted by molar-refractivity contribution is -0.122. The molecule has 0 spiro atoms. The Labute approximate surface area is 242 Å².